The van der Waals surface area contributed by atoms with Gasteiger partial charge in [0.15, 0.2) is 0 Å². The molecule has 1 fully saturated rings. The molecule has 0 aromatic carbocycles. The van der Waals surface area contributed by atoms with E-state index in [-0.39, 0.29) is 4.90 Å². The van der Waals surface area contributed by atoms with Gasteiger partial charge >= 0.3 is 5.97 Å². The quantitative estimate of drug-likeness (QED) is 0.726. The molecular weight excluding hydrogens is 312 g/mol. The number of aromatic nitrogens is 2. The molecule has 1 unspecified atom stereocenters. The van der Waals surface area contributed by atoms with Gasteiger partial charge in [-0.2, -0.15) is 9.82 Å². The van der Waals surface area contributed by atoms with Gasteiger partial charge in [-0.1, -0.05) is 0 Å². The molecule has 0 spiro atoms. The molecule has 22 heavy (non-hydrogen) atoms. The molecule has 0 saturated carbocycles. The second kappa shape index (κ2) is 6.05. The normalized spacial score (nSPS) is 20.1. The van der Waals surface area contributed by atoms with Crippen molar-refractivity contribution in [2.24, 2.45) is 7.05 Å². The van der Waals surface area contributed by atoms with E-state index in [2.05, 4.69) is 9.82 Å². The zero-order valence-electron chi connectivity index (χ0n) is 12.3. The number of carbonyl (C=O) groups excluding carboxylic acids is 1. The molecule has 122 valence electrons. The summed E-state index contributed by atoms with van der Waals surface area (Å²) in [6, 6.07) is -1.94. The van der Waals surface area contributed by atoms with E-state index >= 15 is 0 Å². The van der Waals surface area contributed by atoms with Crippen LogP contribution in [0.25, 0.3) is 0 Å². The molecule has 1 aromatic rings. The Labute approximate surface area is 128 Å². The van der Waals surface area contributed by atoms with Crippen molar-refractivity contribution in [3.63, 3.8) is 0 Å². The van der Waals surface area contributed by atoms with Crippen LogP contribution in [0.4, 0.5) is 0 Å². The summed E-state index contributed by atoms with van der Waals surface area (Å²) in [5.41, 5.74) is 0. The summed E-state index contributed by atoms with van der Waals surface area (Å²) in [6.07, 6.45) is 3.46. The molecule has 1 amide bonds. The molecule has 0 aliphatic carbocycles. The van der Waals surface area contributed by atoms with Gasteiger partial charge in [0.05, 0.1) is 12.2 Å². The summed E-state index contributed by atoms with van der Waals surface area (Å²) in [6.45, 7) is 1.71. The lowest BCUT2D eigenvalue weighted by molar-refractivity contribution is -0.148. The Morgan fingerprint density at radius 2 is 2.18 bits per heavy atom. The highest BCUT2D eigenvalue weighted by molar-refractivity contribution is 7.89. The van der Waals surface area contributed by atoms with Gasteiger partial charge in [-0.25, -0.2) is 13.2 Å². The first kappa shape index (κ1) is 16.4. The predicted octanol–water partition coefficient (Wildman–Crippen LogP) is -0.837. The summed E-state index contributed by atoms with van der Waals surface area (Å²) < 4.78 is 27.9. The number of carboxylic acid groups (broad SMARTS) is 1. The van der Waals surface area contributed by atoms with E-state index in [0.717, 1.165) is 0 Å². The van der Waals surface area contributed by atoms with Crippen molar-refractivity contribution in [2.45, 2.75) is 36.7 Å². The molecule has 10 heteroatoms. The SMILES string of the molecule is CC(NS(=O)(=O)c1cnn(C)c1)C(=O)N1CCC[C@H]1C(=O)O. The first-order chi connectivity index (χ1) is 10.2. The Hall–Kier alpha value is -1.94. The van der Waals surface area contributed by atoms with Gasteiger partial charge in [-0.15, -0.1) is 0 Å². The van der Waals surface area contributed by atoms with E-state index in [4.69, 9.17) is 5.11 Å². The van der Waals surface area contributed by atoms with Crippen LogP contribution in [0.3, 0.4) is 0 Å². The minimum absolute atomic E-state index is 0.0501. The number of aliphatic carboxylic acids is 1. The molecule has 9 nitrogen and oxygen atoms in total. The highest BCUT2D eigenvalue weighted by Crippen LogP contribution is 2.19. The summed E-state index contributed by atoms with van der Waals surface area (Å²) >= 11 is 0. The van der Waals surface area contributed by atoms with Crippen molar-refractivity contribution in [2.75, 3.05) is 6.54 Å². The number of nitrogens with one attached hydrogen (secondary N) is 1. The third kappa shape index (κ3) is 3.28. The number of sulfonamides is 1. The van der Waals surface area contributed by atoms with Crippen molar-refractivity contribution in [3.05, 3.63) is 12.4 Å². The van der Waals surface area contributed by atoms with Crippen LogP contribution in [-0.4, -0.2) is 58.7 Å². The lowest BCUT2D eigenvalue weighted by Gasteiger charge is -2.25. The molecule has 1 saturated heterocycles. The molecule has 0 radical (unpaired) electrons. The van der Waals surface area contributed by atoms with E-state index in [0.29, 0.717) is 19.4 Å². The van der Waals surface area contributed by atoms with Crippen LogP contribution in [0.1, 0.15) is 19.8 Å². The fourth-order valence-electron chi connectivity index (χ4n) is 2.42. The topological polar surface area (TPSA) is 122 Å². The van der Waals surface area contributed by atoms with Crippen molar-refractivity contribution >= 4 is 21.9 Å². The van der Waals surface area contributed by atoms with Crippen molar-refractivity contribution in [3.8, 4) is 0 Å². The van der Waals surface area contributed by atoms with E-state index in [1.807, 2.05) is 0 Å². The second-order valence-corrected chi connectivity index (χ2v) is 6.93. The maximum absolute atomic E-state index is 12.3. The number of carboxylic acids is 1. The standard InChI is InChI=1S/C12H18N4O5S/c1-8(11(17)16-5-3-4-10(16)12(18)19)14-22(20,21)9-6-13-15(2)7-9/h6-8,10,14H,3-5H2,1-2H3,(H,18,19)/t8?,10-/m0/s1. The van der Waals surface area contributed by atoms with E-state index < -0.39 is 34.0 Å². The van der Waals surface area contributed by atoms with Gasteiger partial charge in [-0.3, -0.25) is 9.48 Å². The first-order valence-electron chi connectivity index (χ1n) is 6.76. The van der Waals surface area contributed by atoms with E-state index in [1.165, 1.54) is 28.9 Å². The van der Waals surface area contributed by atoms with Gasteiger partial charge in [0.2, 0.25) is 15.9 Å². The van der Waals surface area contributed by atoms with Gasteiger partial charge in [0.1, 0.15) is 10.9 Å². The summed E-state index contributed by atoms with van der Waals surface area (Å²) in [5, 5.41) is 12.9. The zero-order chi connectivity index (χ0) is 16.5. The maximum Gasteiger partial charge on any atom is 0.326 e. The largest absolute Gasteiger partial charge is 0.480 e. The Balaban J connectivity index is 2.10. The minimum atomic E-state index is -3.88. The third-order valence-corrected chi connectivity index (χ3v) is 5.01. The monoisotopic (exact) mass is 330 g/mol. The minimum Gasteiger partial charge on any atom is -0.480 e. The number of nitrogens with zero attached hydrogens (tertiary/aromatic N) is 3. The van der Waals surface area contributed by atoms with Crippen LogP contribution in [0, 0.1) is 0 Å². The zero-order valence-corrected chi connectivity index (χ0v) is 13.1. The summed E-state index contributed by atoms with van der Waals surface area (Å²) in [5.74, 6) is -1.62. The molecule has 2 rings (SSSR count). The average Bonchev–Trinajstić information content (AvgIpc) is 3.05. The molecular formula is C12H18N4O5S. The molecule has 0 bridgehead atoms. The van der Waals surface area contributed by atoms with E-state index in [9.17, 15) is 18.0 Å². The van der Waals surface area contributed by atoms with Crippen molar-refractivity contribution < 1.29 is 23.1 Å². The van der Waals surface area contributed by atoms with Crippen LogP contribution in [-0.2, 0) is 26.7 Å². The van der Waals surface area contributed by atoms with E-state index in [1.54, 1.807) is 7.05 Å². The number of rotatable bonds is 5. The Morgan fingerprint density at radius 1 is 1.50 bits per heavy atom. The number of hydrogen-bond donors (Lipinski definition) is 2. The van der Waals surface area contributed by atoms with Crippen LogP contribution in [0.2, 0.25) is 0 Å². The lowest BCUT2D eigenvalue weighted by atomic mass is 10.2. The number of likely N-dealkylation sites (tertiary alicyclic amines) is 1. The van der Waals surface area contributed by atoms with Gasteiger partial charge in [0, 0.05) is 19.8 Å². The number of aryl methyl sites for hydroxylation is 1. The molecule has 1 aliphatic rings. The summed E-state index contributed by atoms with van der Waals surface area (Å²) in [7, 11) is -2.30. The Bertz CT molecular complexity index is 683. The first-order valence-corrected chi connectivity index (χ1v) is 8.25. The van der Waals surface area contributed by atoms with Crippen LogP contribution in [0.15, 0.2) is 17.3 Å². The third-order valence-electron chi connectivity index (χ3n) is 3.51. The Kier molecular flexibility index (Phi) is 4.52. The van der Waals surface area contributed by atoms with Crippen molar-refractivity contribution in [1.29, 1.82) is 0 Å². The number of amides is 1. The number of carbonyl (C=O) groups is 2. The van der Waals surface area contributed by atoms with Crippen LogP contribution < -0.4 is 4.72 Å². The highest BCUT2D eigenvalue weighted by atomic mass is 32.2. The maximum atomic E-state index is 12.3. The molecule has 1 aliphatic heterocycles. The molecule has 2 atom stereocenters. The van der Waals surface area contributed by atoms with Gasteiger partial charge < -0.3 is 10.0 Å². The Morgan fingerprint density at radius 3 is 2.73 bits per heavy atom. The van der Waals surface area contributed by atoms with Crippen molar-refractivity contribution in [1.82, 2.24) is 19.4 Å². The molecule has 2 N–H and O–H groups in total. The fourth-order valence-corrected chi connectivity index (χ4v) is 3.60. The van der Waals surface area contributed by atoms with Gasteiger partial charge in [-0.05, 0) is 19.8 Å². The number of hydrogen-bond acceptors (Lipinski definition) is 5. The summed E-state index contributed by atoms with van der Waals surface area (Å²) in [4.78, 5) is 24.6. The van der Waals surface area contributed by atoms with Gasteiger partial charge in [0.25, 0.3) is 0 Å². The smallest absolute Gasteiger partial charge is 0.326 e. The highest BCUT2D eigenvalue weighted by Gasteiger charge is 2.37. The van der Waals surface area contributed by atoms with Crippen LogP contribution in [0.5, 0.6) is 0 Å². The average molecular weight is 330 g/mol. The second-order valence-electron chi connectivity index (χ2n) is 5.22. The lowest BCUT2D eigenvalue weighted by Crippen LogP contribution is -2.50. The fraction of sp³-hybridized carbons (Fsp3) is 0.583. The molecule has 2 heterocycles. The van der Waals surface area contributed by atoms with Crippen LogP contribution >= 0.6 is 0 Å². The predicted molar refractivity (Wildman–Crippen MR) is 75.4 cm³/mol. The molecule has 1 aromatic heterocycles.